The molecule has 1 N–H and O–H groups in total. The van der Waals surface area contributed by atoms with Crippen molar-refractivity contribution in [1.29, 1.82) is 0 Å². The van der Waals surface area contributed by atoms with Gasteiger partial charge in [0, 0.05) is 42.0 Å². The standard InChI is InChI=1S/C15H16ClN3O/c1-10-12(16)3-2-4-13(10)18-15(20)11-5-7-19-8-6-17-14(19)9-11/h2-4,6,8,11H,5,7,9H2,1H3,(H,18,20). The number of carbonyl (C=O) groups is 1. The number of aryl methyl sites for hydroxylation is 1. The van der Waals surface area contributed by atoms with Gasteiger partial charge in [-0.05, 0) is 31.0 Å². The van der Waals surface area contributed by atoms with Gasteiger partial charge in [-0.25, -0.2) is 4.98 Å². The Hall–Kier alpha value is -1.81. The van der Waals surface area contributed by atoms with E-state index in [-0.39, 0.29) is 11.8 Å². The number of hydrogen-bond donors (Lipinski definition) is 1. The summed E-state index contributed by atoms with van der Waals surface area (Å²) in [4.78, 5) is 16.7. The number of carbonyl (C=O) groups excluding carboxylic acids is 1. The number of amides is 1. The minimum Gasteiger partial charge on any atom is -0.335 e. The van der Waals surface area contributed by atoms with Gasteiger partial charge in [0.2, 0.25) is 5.91 Å². The maximum absolute atomic E-state index is 12.4. The lowest BCUT2D eigenvalue weighted by Gasteiger charge is -2.23. The third kappa shape index (κ3) is 2.43. The second kappa shape index (κ2) is 5.29. The van der Waals surface area contributed by atoms with E-state index in [2.05, 4.69) is 14.9 Å². The van der Waals surface area contributed by atoms with E-state index >= 15 is 0 Å². The third-order valence-corrected chi connectivity index (χ3v) is 4.25. The summed E-state index contributed by atoms with van der Waals surface area (Å²) in [6, 6.07) is 5.55. The molecule has 2 aromatic rings. The Bertz CT molecular complexity index is 650. The first kappa shape index (κ1) is 13.2. The Morgan fingerprint density at radius 1 is 1.50 bits per heavy atom. The molecule has 1 unspecified atom stereocenters. The van der Waals surface area contributed by atoms with Gasteiger partial charge in [-0.15, -0.1) is 0 Å². The minimum absolute atomic E-state index is 0.0247. The highest BCUT2D eigenvalue weighted by Crippen LogP contribution is 2.25. The van der Waals surface area contributed by atoms with E-state index in [0.29, 0.717) is 11.4 Å². The van der Waals surface area contributed by atoms with Crippen LogP contribution in [0.4, 0.5) is 5.69 Å². The lowest BCUT2D eigenvalue weighted by Crippen LogP contribution is -2.30. The Kier molecular flexibility index (Phi) is 3.49. The van der Waals surface area contributed by atoms with Crippen molar-refractivity contribution in [3.05, 3.63) is 47.0 Å². The molecule has 0 radical (unpaired) electrons. The molecule has 1 amide bonds. The normalized spacial score (nSPS) is 17.6. The van der Waals surface area contributed by atoms with Gasteiger partial charge in [0.1, 0.15) is 5.82 Å². The molecule has 3 rings (SSSR count). The quantitative estimate of drug-likeness (QED) is 0.924. The van der Waals surface area contributed by atoms with Gasteiger partial charge in [-0.3, -0.25) is 4.79 Å². The van der Waals surface area contributed by atoms with E-state index < -0.39 is 0 Å². The number of benzene rings is 1. The molecule has 0 aliphatic carbocycles. The van der Waals surface area contributed by atoms with Crippen LogP contribution >= 0.6 is 11.6 Å². The number of nitrogens with one attached hydrogen (secondary N) is 1. The molecule has 5 heteroatoms. The summed E-state index contributed by atoms with van der Waals surface area (Å²) in [5, 5.41) is 3.65. The maximum Gasteiger partial charge on any atom is 0.228 e. The number of rotatable bonds is 2. The summed E-state index contributed by atoms with van der Waals surface area (Å²) in [5.41, 5.74) is 1.69. The summed E-state index contributed by atoms with van der Waals surface area (Å²) in [6.07, 6.45) is 5.29. The lowest BCUT2D eigenvalue weighted by molar-refractivity contribution is -0.120. The van der Waals surface area contributed by atoms with Crippen molar-refractivity contribution in [3.8, 4) is 0 Å². The Morgan fingerprint density at radius 3 is 3.20 bits per heavy atom. The van der Waals surface area contributed by atoms with E-state index in [1.165, 1.54) is 0 Å². The summed E-state index contributed by atoms with van der Waals surface area (Å²) in [7, 11) is 0. The zero-order chi connectivity index (χ0) is 14.1. The Labute approximate surface area is 122 Å². The number of nitrogens with zero attached hydrogens (tertiary/aromatic N) is 2. The lowest BCUT2D eigenvalue weighted by atomic mass is 9.96. The van der Waals surface area contributed by atoms with Gasteiger partial charge in [-0.2, -0.15) is 0 Å². The van der Waals surface area contributed by atoms with E-state index in [4.69, 9.17) is 11.6 Å². The monoisotopic (exact) mass is 289 g/mol. The number of imidazole rings is 1. The molecule has 0 spiro atoms. The summed E-state index contributed by atoms with van der Waals surface area (Å²) >= 11 is 6.07. The van der Waals surface area contributed by atoms with Gasteiger partial charge in [-0.1, -0.05) is 17.7 Å². The minimum atomic E-state index is -0.0247. The second-order valence-corrected chi connectivity index (χ2v) is 5.54. The van der Waals surface area contributed by atoms with Crippen LogP contribution in [0.3, 0.4) is 0 Å². The fourth-order valence-electron chi connectivity index (χ4n) is 2.55. The van der Waals surface area contributed by atoms with Crippen LogP contribution in [0.15, 0.2) is 30.6 Å². The number of aromatic nitrogens is 2. The molecule has 1 atom stereocenters. The van der Waals surface area contributed by atoms with Crippen LogP contribution in [-0.4, -0.2) is 15.5 Å². The van der Waals surface area contributed by atoms with Crippen LogP contribution in [-0.2, 0) is 17.8 Å². The fraction of sp³-hybridized carbons (Fsp3) is 0.333. The van der Waals surface area contributed by atoms with Gasteiger partial charge >= 0.3 is 0 Å². The van der Waals surface area contributed by atoms with Crippen molar-refractivity contribution >= 4 is 23.2 Å². The van der Waals surface area contributed by atoms with Crippen molar-refractivity contribution in [2.45, 2.75) is 26.3 Å². The molecule has 1 aromatic heterocycles. The predicted molar refractivity (Wildman–Crippen MR) is 78.9 cm³/mol. The molecule has 1 aliphatic heterocycles. The molecule has 0 fully saturated rings. The highest BCUT2D eigenvalue weighted by molar-refractivity contribution is 6.31. The van der Waals surface area contributed by atoms with E-state index in [0.717, 1.165) is 30.0 Å². The van der Waals surface area contributed by atoms with Gasteiger partial charge < -0.3 is 9.88 Å². The molecule has 0 bridgehead atoms. The SMILES string of the molecule is Cc1c(Cl)cccc1NC(=O)C1CCn2ccnc2C1. The third-order valence-electron chi connectivity index (χ3n) is 3.85. The van der Waals surface area contributed by atoms with Crippen LogP contribution < -0.4 is 5.32 Å². The summed E-state index contributed by atoms with van der Waals surface area (Å²) in [6.45, 7) is 2.76. The average molecular weight is 290 g/mol. The van der Waals surface area contributed by atoms with Crippen molar-refractivity contribution in [2.24, 2.45) is 5.92 Å². The van der Waals surface area contributed by atoms with Gasteiger partial charge in [0.25, 0.3) is 0 Å². The first-order chi connectivity index (χ1) is 9.65. The van der Waals surface area contributed by atoms with Crippen LogP contribution in [0.2, 0.25) is 5.02 Å². The molecule has 0 saturated heterocycles. The molecule has 4 nitrogen and oxygen atoms in total. The number of hydrogen-bond acceptors (Lipinski definition) is 2. The van der Waals surface area contributed by atoms with Crippen molar-refractivity contribution in [3.63, 3.8) is 0 Å². The van der Waals surface area contributed by atoms with E-state index in [9.17, 15) is 4.79 Å². The number of anilines is 1. The van der Waals surface area contributed by atoms with Crippen molar-refractivity contribution < 1.29 is 4.79 Å². The van der Waals surface area contributed by atoms with Crippen LogP contribution in [0.5, 0.6) is 0 Å². The fourth-order valence-corrected chi connectivity index (χ4v) is 2.73. The Morgan fingerprint density at radius 2 is 2.35 bits per heavy atom. The van der Waals surface area contributed by atoms with Gasteiger partial charge in [0.05, 0.1) is 0 Å². The zero-order valence-corrected chi connectivity index (χ0v) is 12.0. The van der Waals surface area contributed by atoms with E-state index in [1.807, 2.05) is 31.3 Å². The second-order valence-electron chi connectivity index (χ2n) is 5.13. The molecular formula is C15H16ClN3O. The average Bonchev–Trinajstić information content (AvgIpc) is 2.91. The molecule has 1 aliphatic rings. The van der Waals surface area contributed by atoms with E-state index in [1.54, 1.807) is 6.20 Å². The van der Waals surface area contributed by atoms with Crippen LogP contribution in [0.1, 0.15) is 17.8 Å². The largest absolute Gasteiger partial charge is 0.335 e. The molecule has 2 heterocycles. The molecular weight excluding hydrogens is 274 g/mol. The first-order valence-corrected chi connectivity index (χ1v) is 7.09. The van der Waals surface area contributed by atoms with Crippen molar-refractivity contribution in [2.75, 3.05) is 5.32 Å². The zero-order valence-electron chi connectivity index (χ0n) is 11.3. The number of fused-ring (bicyclic) bond motifs is 1. The highest BCUT2D eigenvalue weighted by Gasteiger charge is 2.25. The summed E-state index contributed by atoms with van der Waals surface area (Å²) in [5.74, 6) is 1.01. The molecule has 20 heavy (non-hydrogen) atoms. The van der Waals surface area contributed by atoms with Crippen LogP contribution in [0.25, 0.3) is 0 Å². The maximum atomic E-state index is 12.4. The highest BCUT2D eigenvalue weighted by atomic mass is 35.5. The molecule has 1 aromatic carbocycles. The first-order valence-electron chi connectivity index (χ1n) is 6.71. The Balaban J connectivity index is 1.73. The molecule has 104 valence electrons. The van der Waals surface area contributed by atoms with Crippen LogP contribution in [0, 0.1) is 12.8 Å². The van der Waals surface area contributed by atoms with Crippen molar-refractivity contribution in [1.82, 2.24) is 9.55 Å². The van der Waals surface area contributed by atoms with Gasteiger partial charge in [0.15, 0.2) is 0 Å². The predicted octanol–water partition coefficient (Wildman–Crippen LogP) is 3.05. The number of halogens is 1. The molecule has 0 saturated carbocycles. The summed E-state index contributed by atoms with van der Waals surface area (Å²) < 4.78 is 2.11. The smallest absolute Gasteiger partial charge is 0.228 e. The topological polar surface area (TPSA) is 46.9 Å².